The van der Waals surface area contributed by atoms with E-state index in [1.165, 1.54) is 0 Å². The summed E-state index contributed by atoms with van der Waals surface area (Å²) < 4.78 is 0. The summed E-state index contributed by atoms with van der Waals surface area (Å²) in [5, 5.41) is 3.85. The van der Waals surface area contributed by atoms with E-state index in [1.807, 2.05) is 43.3 Å². The number of hydrogen-bond donors (Lipinski definition) is 1. The predicted octanol–water partition coefficient (Wildman–Crippen LogP) is 3.19. The third-order valence-corrected chi connectivity index (χ3v) is 3.03. The van der Waals surface area contributed by atoms with Crippen molar-refractivity contribution in [3.05, 3.63) is 66.1 Å². The molecule has 0 unspecified atom stereocenters. The van der Waals surface area contributed by atoms with Crippen LogP contribution in [0.3, 0.4) is 0 Å². The van der Waals surface area contributed by atoms with Gasteiger partial charge in [-0.15, -0.1) is 0 Å². The Labute approximate surface area is 116 Å². The van der Waals surface area contributed by atoms with Crippen molar-refractivity contribution in [2.24, 2.45) is 0 Å². The molecule has 4 nitrogen and oxygen atoms in total. The Morgan fingerprint density at radius 2 is 1.90 bits per heavy atom. The summed E-state index contributed by atoms with van der Waals surface area (Å²) >= 11 is 0. The van der Waals surface area contributed by atoms with Gasteiger partial charge in [-0.1, -0.05) is 18.2 Å². The van der Waals surface area contributed by atoms with E-state index in [4.69, 9.17) is 0 Å². The summed E-state index contributed by atoms with van der Waals surface area (Å²) in [4.78, 5) is 20.6. The monoisotopic (exact) mass is 263 g/mol. The molecule has 3 rings (SSSR count). The van der Waals surface area contributed by atoms with Gasteiger partial charge in [-0.05, 0) is 36.8 Å². The zero-order valence-corrected chi connectivity index (χ0v) is 11.0. The second-order valence-corrected chi connectivity index (χ2v) is 4.55. The average molecular weight is 263 g/mol. The minimum atomic E-state index is -0.230. The molecule has 0 fully saturated rings. The molecule has 1 N–H and O–H groups in total. The summed E-state index contributed by atoms with van der Waals surface area (Å²) in [5.41, 5.74) is 2.87. The van der Waals surface area contributed by atoms with Crippen molar-refractivity contribution >= 4 is 22.5 Å². The zero-order chi connectivity index (χ0) is 13.9. The molecule has 3 aromatic rings. The van der Waals surface area contributed by atoms with E-state index in [1.54, 1.807) is 18.5 Å². The van der Waals surface area contributed by atoms with E-state index in [0.717, 1.165) is 16.5 Å². The van der Waals surface area contributed by atoms with Crippen LogP contribution in [-0.4, -0.2) is 15.9 Å². The van der Waals surface area contributed by atoms with E-state index < -0.39 is 0 Å². The Bertz CT molecular complexity index is 778. The van der Waals surface area contributed by atoms with Crippen LogP contribution in [0, 0.1) is 6.92 Å². The molecular formula is C16H13N3O. The fourth-order valence-electron chi connectivity index (χ4n) is 2.05. The lowest BCUT2D eigenvalue weighted by Gasteiger charge is -2.07. The summed E-state index contributed by atoms with van der Waals surface area (Å²) in [5.74, 6) is -0.230. The summed E-state index contributed by atoms with van der Waals surface area (Å²) in [7, 11) is 0. The minimum Gasteiger partial charge on any atom is -0.319 e. The topological polar surface area (TPSA) is 54.9 Å². The normalized spacial score (nSPS) is 10.4. The minimum absolute atomic E-state index is 0.230. The second kappa shape index (κ2) is 5.09. The van der Waals surface area contributed by atoms with Crippen LogP contribution in [-0.2, 0) is 0 Å². The summed E-state index contributed by atoms with van der Waals surface area (Å²) in [6.45, 7) is 1.93. The molecule has 4 heteroatoms. The van der Waals surface area contributed by atoms with Crippen molar-refractivity contribution in [2.75, 3.05) is 5.32 Å². The molecule has 0 aliphatic rings. The average Bonchev–Trinajstić information content (AvgIpc) is 2.47. The third-order valence-electron chi connectivity index (χ3n) is 3.03. The first-order chi connectivity index (χ1) is 9.74. The van der Waals surface area contributed by atoms with Crippen LogP contribution < -0.4 is 5.32 Å². The molecule has 2 heterocycles. The Balaban J connectivity index is 1.95. The van der Waals surface area contributed by atoms with Crippen LogP contribution >= 0.6 is 0 Å². The molecule has 0 spiro atoms. The second-order valence-electron chi connectivity index (χ2n) is 4.55. The summed E-state index contributed by atoms with van der Waals surface area (Å²) in [6.07, 6.45) is 3.34. The number of pyridine rings is 2. The number of fused-ring (bicyclic) bond motifs is 1. The Morgan fingerprint density at radius 3 is 2.75 bits per heavy atom. The van der Waals surface area contributed by atoms with Crippen LogP contribution in [0.15, 0.2) is 54.9 Å². The van der Waals surface area contributed by atoms with Crippen LogP contribution in [0.25, 0.3) is 10.9 Å². The van der Waals surface area contributed by atoms with Gasteiger partial charge in [0, 0.05) is 17.8 Å². The maximum Gasteiger partial charge on any atom is 0.274 e. The number of hydrogen-bond acceptors (Lipinski definition) is 3. The number of nitrogens with zero attached hydrogens (tertiary/aromatic N) is 2. The SMILES string of the molecule is Cc1ccnc(C(=O)Nc2cccc3cccnc23)c1. The maximum atomic E-state index is 12.2. The number of rotatable bonds is 2. The molecule has 98 valence electrons. The summed E-state index contributed by atoms with van der Waals surface area (Å²) in [6, 6.07) is 13.1. The Hall–Kier alpha value is -2.75. The van der Waals surface area contributed by atoms with Crippen molar-refractivity contribution in [2.45, 2.75) is 6.92 Å². The predicted molar refractivity (Wildman–Crippen MR) is 78.7 cm³/mol. The molecule has 2 aromatic heterocycles. The molecule has 0 radical (unpaired) electrons. The van der Waals surface area contributed by atoms with Crippen molar-refractivity contribution in [3.8, 4) is 0 Å². The van der Waals surface area contributed by atoms with Crippen molar-refractivity contribution in [1.82, 2.24) is 9.97 Å². The van der Waals surface area contributed by atoms with E-state index in [9.17, 15) is 4.79 Å². The van der Waals surface area contributed by atoms with E-state index in [2.05, 4.69) is 15.3 Å². The van der Waals surface area contributed by atoms with Crippen molar-refractivity contribution in [1.29, 1.82) is 0 Å². The lowest BCUT2D eigenvalue weighted by Crippen LogP contribution is -2.14. The molecule has 20 heavy (non-hydrogen) atoms. The number of nitrogens with one attached hydrogen (secondary N) is 1. The quantitative estimate of drug-likeness (QED) is 0.772. The van der Waals surface area contributed by atoms with Gasteiger partial charge in [-0.25, -0.2) is 0 Å². The van der Waals surface area contributed by atoms with Gasteiger partial charge < -0.3 is 5.32 Å². The number of benzene rings is 1. The van der Waals surface area contributed by atoms with Crippen molar-refractivity contribution in [3.63, 3.8) is 0 Å². The largest absolute Gasteiger partial charge is 0.319 e. The van der Waals surface area contributed by atoms with E-state index in [0.29, 0.717) is 11.4 Å². The van der Waals surface area contributed by atoms with E-state index in [-0.39, 0.29) is 5.91 Å². The molecule has 1 amide bonds. The standard InChI is InChI=1S/C16H13N3O/c1-11-7-9-17-14(10-11)16(20)19-13-6-2-4-12-5-3-8-18-15(12)13/h2-10H,1H3,(H,19,20). The maximum absolute atomic E-state index is 12.2. The number of para-hydroxylation sites is 1. The highest BCUT2D eigenvalue weighted by Gasteiger charge is 2.10. The van der Waals surface area contributed by atoms with Crippen LogP contribution in [0.5, 0.6) is 0 Å². The first kappa shape index (κ1) is 12.3. The molecule has 0 aliphatic carbocycles. The van der Waals surface area contributed by atoms with Gasteiger partial charge in [0.1, 0.15) is 5.69 Å². The third kappa shape index (κ3) is 2.36. The fourth-order valence-corrected chi connectivity index (χ4v) is 2.05. The number of aromatic nitrogens is 2. The highest BCUT2D eigenvalue weighted by molar-refractivity contribution is 6.07. The fraction of sp³-hybridized carbons (Fsp3) is 0.0625. The smallest absolute Gasteiger partial charge is 0.274 e. The van der Waals surface area contributed by atoms with Gasteiger partial charge in [0.25, 0.3) is 5.91 Å². The van der Waals surface area contributed by atoms with Gasteiger partial charge in [-0.2, -0.15) is 0 Å². The first-order valence-corrected chi connectivity index (χ1v) is 6.32. The van der Waals surface area contributed by atoms with Crippen molar-refractivity contribution < 1.29 is 4.79 Å². The lowest BCUT2D eigenvalue weighted by atomic mass is 10.2. The molecule has 0 aliphatic heterocycles. The molecule has 0 saturated carbocycles. The molecular weight excluding hydrogens is 250 g/mol. The highest BCUT2D eigenvalue weighted by atomic mass is 16.1. The molecule has 0 bridgehead atoms. The van der Waals surface area contributed by atoms with Gasteiger partial charge in [0.15, 0.2) is 0 Å². The molecule has 0 saturated heterocycles. The molecule has 1 aromatic carbocycles. The number of carbonyl (C=O) groups excluding carboxylic acids is 1. The first-order valence-electron chi connectivity index (χ1n) is 6.32. The van der Waals surface area contributed by atoms with Gasteiger partial charge in [0.2, 0.25) is 0 Å². The van der Waals surface area contributed by atoms with Crippen LogP contribution in [0.1, 0.15) is 16.1 Å². The number of anilines is 1. The zero-order valence-electron chi connectivity index (χ0n) is 11.0. The van der Waals surface area contributed by atoms with Gasteiger partial charge in [-0.3, -0.25) is 14.8 Å². The number of carbonyl (C=O) groups is 1. The Morgan fingerprint density at radius 1 is 1.05 bits per heavy atom. The number of aryl methyl sites for hydroxylation is 1. The van der Waals surface area contributed by atoms with Crippen LogP contribution in [0.4, 0.5) is 5.69 Å². The lowest BCUT2D eigenvalue weighted by molar-refractivity contribution is 0.102. The highest BCUT2D eigenvalue weighted by Crippen LogP contribution is 2.21. The van der Waals surface area contributed by atoms with E-state index >= 15 is 0 Å². The Kier molecular flexibility index (Phi) is 3.13. The van der Waals surface area contributed by atoms with Gasteiger partial charge in [0.05, 0.1) is 11.2 Å². The van der Waals surface area contributed by atoms with Crippen LogP contribution in [0.2, 0.25) is 0 Å². The number of amides is 1. The van der Waals surface area contributed by atoms with Gasteiger partial charge >= 0.3 is 0 Å². The molecule has 0 atom stereocenters.